The molecule has 2 saturated heterocycles. The summed E-state index contributed by atoms with van der Waals surface area (Å²) >= 11 is 0. The molecule has 1 spiro atoms. The number of nitrogens with zero attached hydrogens (tertiary/aromatic N) is 1. The minimum absolute atomic E-state index is 0.0213. The summed E-state index contributed by atoms with van der Waals surface area (Å²) in [6.07, 6.45) is 9.19. The average molecular weight is 292 g/mol. The molecule has 3 fully saturated rings. The molecule has 3 rings (SSSR count). The summed E-state index contributed by atoms with van der Waals surface area (Å²) in [4.78, 5) is 15.5. The zero-order valence-electron chi connectivity index (χ0n) is 13.9. The third-order valence-electron chi connectivity index (χ3n) is 6.91. The molecule has 3 aliphatic rings. The van der Waals surface area contributed by atoms with Crippen LogP contribution in [0.25, 0.3) is 0 Å². The molecule has 1 aliphatic carbocycles. The van der Waals surface area contributed by atoms with Gasteiger partial charge >= 0.3 is 0 Å². The minimum atomic E-state index is 0.0213. The van der Waals surface area contributed by atoms with E-state index in [1.807, 2.05) is 0 Å². The molecule has 21 heavy (non-hydrogen) atoms. The average Bonchev–Trinajstić information content (AvgIpc) is 2.93. The number of carbonyl (C=O) groups is 1. The summed E-state index contributed by atoms with van der Waals surface area (Å²) < 4.78 is 0. The molecule has 0 bridgehead atoms. The molecule has 2 aliphatic heterocycles. The van der Waals surface area contributed by atoms with E-state index in [0.29, 0.717) is 11.2 Å². The third kappa shape index (κ3) is 2.79. The smallest absolute Gasteiger partial charge is 0.139 e. The number of rotatable bonds is 3. The molecule has 1 unspecified atom stereocenters. The lowest BCUT2D eigenvalue weighted by atomic mass is 9.60. The van der Waals surface area contributed by atoms with Crippen LogP contribution in [0.3, 0.4) is 0 Å². The van der Waals surface area contributed by atoms with E-state index in [4.69, 9.17) is 0 Å². The Kier molecular flexibility index (Phi) is 4.42. The second-order valence-corrected chi connectivity index (χ2v) is 7.79. The van der Waals surface area contributed by atoms with Crippen molar-refractivity contribution in [2.45, 2.75) is 71.3 Å². The van der Waals surface area contributed by atoms with Gasteiger partial charge in [-0.1, -0.05) is 13.8 Å². The molecular weight excluding hydrogens is 260 g/mol. The van der Waals surface area contributed by atoms with Crippen LogP contribution in [0.4, 0.5) is 0 Å². The van der Waals surface area contributed by atoms with E-state index in [0.717, 1.165) is 31.7 Å². The van der Waals surface area contributed by atoms with E-state index in [1.54, 1.807) is 0 Å². The highest BCUT2D eigenvalue weighted by molar-refractivity contribution is 5.86. The Morgan fingerprint density at radius 3 is 2.48 bits per heavy atom. The maximum atomic E-state index is 12.8. The molecule has 0 amide bonds. The van der Waals surface area contributed by atoms with Gasteiger partial charge in [-0.2, -0.15) is 0 Å². The van der Waals surface area contributed by atoms with E-state index in [2.05, 4.69) is 24.1 Å². The Hall–Kier alpha value is -0.410. The van der Waals surface area contributed by atoms with E-state index in [-0.39, 0.29) is 5.41 Å². The predicted molar refractivity (Wildman–Crippen MR) is 86.4 cm³/mol. The highest BCUT2D eigenvalue weighted by Crippen LogP contribution is 2.51. The quantitative estimate of drug-likeness (QED) is 0.868. The molecule has 1 saturated carbocycles. The van der Waals surface area contributed by atoms with Crippen LogP contribution in [-0.4, -0.2) is 42.9 Å². The van der Waals surface area contributed by atoms with Gasteiger partial charge in [0.25, 0.3) is 0 Å². The fourth-order valence-electron chi connectivity index (χ4n) is 5.06. The fraction of sp³-hybridized carbons (Fsp3) is 0.944. The van der Waals surface area contributed by atoms with Crippen LogP contribution in [0.1, 0.15) is 65.2 Å². The van der Waals surface area contributed by atoms with Gasteiger partial charge in [0.15, 0.2) is 0 Å². The van der Waals surface area contributed by atoms with Gasteiger partial charge in [0.1, 0.15) is 5.78 Å². The molecule has 3 nitrogen and oxygen atoms in total. The molecule has 2 heterocycles. The Balaban J connectivity index is 1.64. The summed E-state index contributed by atoms with van der Waals surface area (Å²) in [6.45, 7) is 9.16. The molecule has 3 heteroatoms. The lowest BCUT2D eigenvalue weighted by Crippen LogP contribution is -2.46. The van der Waals surface area contributed by atoms with Gasteiger partial charge in [0.05, 0.1) is 0 Å². The van der Waals surface area contributed by atoms with Crippen LogP contribution >= 0.6 is 0 Å². The second-order valence-electron chi connectivity index (χ2n) is 7.79. The number of likely N-dealkylation sites (tertiary alicyclic amines) is 1. The third-order valence-corrected chi connectivity index (χ3v) is 6.91. The van der Waals surface area contributed by atoms with E-state index in [1.165, 1.54) is 51.9 Å². The molecule has 120 valence electrons. The lowest BCUT2D eigenvalue weighted by Gasteiger charge is -2.43. The highest BCUT2D eigenvalue weighted by atomic mass is 16.1. The highest BCUT2D eigenvalue weighted by Gasteiger charge is 2.50. The number of ketones is 1. The van der Waals surface area contributed by atoms with Crippen molar-refractivity contribution < 1.29 is 4.79 Å². The molecule has 0 radical (unpaired) electrons. The van der Waals surface area contributed by atoms with E-state index < -0.39 is 0 Å². The maximum absolute atomic E-state index is 12.8. The van der Waals surface area contributed by atoms with Crippen molar-refractivity contribution in [1.82, 2.24) is 10.2 Å². The number of piperidine rings is 1. The minimum Gasteiger partial charge on any atom is -0.317 e. The van der Waals surface area contributed by atoms with Gasteiger partial charge in [0, 0.05) is 24.4 Å². The van der Waals surface area contributed by atoms with Crippen LogP contribution in [-0.2, 0) is 4.79 Å². The number of Topliss-reactive ketones (excluding diaryl/α,β-unsaturated/α-hetero) is 1. The molecule has 0 aromatic rings. The van der Waals surface area contributed by atoms with Gasteiger partial charge in [-0.15, -0.1) is 0 Å². The SMILES string of the molecule is CCC1(CC)CCC2(CCN(C3CCNCC3)C2)CC1=O. The summed E-state index contributed by atoms with van der Waals surface area (Å²) in [7, 11) is 0. The van der Waals surface area contributed by atoms with Gasteiger partial charge in [0.2, 0.25) is 0 Å². The summed E-state index contributed by atoms with van der Waals surface area (Å²) in [5.41, 5.74) is 0.350. The zero-order chi connectivity index (χ0) is 14.9. The van der Waals surface area contributed by atoms with Gasteiger partial charge in [-0.25, -0.2) is 0 Å². The summed E-state index contributed by atoms with van der Waals surface area (Å²) in [5, 5.41) is 3.46. The summed E-state index contributed by atoms with van der Waals surface area (Å²) in [5.74, 6) is 0.575. The van der Waals surface area contributed by atoms with E-state index >= 15 is 0 Å². The first-order valence-corrected chi connectivity index (χ1v) is 9.11. The van der Waals surface area contributed by atoms with Crippen LogP contribution in [0.15, 0.2) is 0 Å². The Morgan fingerprint density at radius 2 is 1.86 bits per heavy atom. The molecule has 0 aromatic heterocycles. The van der Waals surface area contributed by atoms with Crippen molar-refractivity contribution in [3.05, 3.63) is 0 Å². The number of hydrogen-bond acceptors (Lipinski definition) is 3. The monoisotopic (exact) mass is 292 g/mol. The standard InChI is InChI=1S/C18H32N2O/c1-3-18(4-2)8-7-17(13-16(18)21)9-12-20(14-17)15-5-10-19-11-6-15/h15,19H,3-14H2,1-2H3. The first-order chi connectivity index (χ1) is 10.1. The van der Waals surface area contributed by atoms with Crippen LogP contribution in [0.5, 0.6) is 0 Å². The molecule has 0 aromatic carbocycles. The zero-order valence-corrected chi connectivity index (χ0v) is 13.9. The van der Waals surface area contributed by atoms with Crippen molar-refractivity contribution in [2.24, 2.45) is 10.8 Å². The van der Waals surface area contributed by atoms with Gasteiger partial charge in [-0.3, -0.25) is 9.69 Å². The van der Waals surface area contributed by atoms with Crippen LogP contribution < -0.4 is 5.32 Å². The fourth-order valence-corrected chi connectivity index (χ4v) is 5.06. The summed E-state index contributed by atoms with van der Waals surface area (Å²) in [6, 6.07) is 0.768. The molecule has 1 atom stereocenters. The second kappa shape index (κ2) is 6.00. The van der Waals surface area contributed by atoms with Crippen LogP contribution in [0.2, 0.25) is 0 Å². The molecular formula is C18H32N2O. The predicted octanol–water partition coefficient (Wildman–Crippen LogP) is 2.99. The van der Waals surface area contributed by atoms with Gasteiger partial charge in [-0.05, 0) is 70.0 Å². The van der Waals surface area contributed by atoms with Crippen molar-refractivity contribution >= 4 is 5.78 Å². The number of carbonyl (C=O) groups excluding carboxylic acids is 1. The normalized spacial score (nSPS) is 34.7. The number of nitrogens with one attached hydrogen (secondary N) is 1. The van der Waals surface area contributed by atoms with E-state index in [9.17, 15) is 4.79 Å². The van der Waals surface area contributed by atoms with Crippen molar-refractivity contribution in [3.63, 3.8) is 0 Å². The van der Waals surface area contributed by atoms with Crippen molar-refractivity contribution in [1.29, 1.82) is 0 Å². The first kappa shape index (κ1) is 15.5. The van der Waals surface area contributed by atoms with Crippen LogP contribution in [0, 0.1) is 10.8 Å². The van der Waals surface area contributed by atoms with Crippen molar-refractivity contribution in [2.75, 3.05) is 26.2 Å². The largest absolute Gasteiger partial charge is 0.317 e. The van der Waals surface area contributed by atoms with Gasteiger partial charge < -0.3 is 5.32 Å². The Labute approximate surface area is 129 Å². The first-order valence-electron chi connectivity index (χ1n) is 9.11. The topological polar surface area (TPSA) is 32.3 Å². The Morgan fingerprint density at radius 1 is 1.14 bits per heavy atom. The maximum Gasteiger partial charge on any atom is 0.139 e. The Bertz CT molecular complexity index is 385. The molecule has 1 N–H and O–H groups in total. The number of hydrogen-bond donors (Lipinski definition) is 1. The van der Waals surface area contributed by atoms with Crippen molar-refractivity contribution in [3.8, 4) is 0 Å². The lowest BCUT2D eigenvalue weighted by molar-refractivity contribution is -0.136.